The fourth-order valence-corrected chi connectivity index (χ4v) is 3.50. The number of hydrogen-bond donors (Lipinski definition) is 0. The maximum Gasteiger partial charge on any atom is 0.231 e. The summed E-state index contributed by atoms with van der Waals surface area (Å²) in [6, 6.07) is 0. The number of piperidine rings is 1. The Morgan fingerprint density at radius 3 is 2.86 bits per heavy atom. The molecule has 2 aromatic rings. The van der Waals surface area contributed by atoms with E-state index in [0.717, 1.165) is 37.8 Å². The highest BCUT2D eigenvalue weighted by Gasteiger charge is 2.31. The van der Waals surface area contributed by atoms with Crippen LogP contribution >= 0.6 is 0 Å². The van der Waals surface area contributed by atoms with Gasteiger partial charge in [-0.3, -0.25) is 9.58 Å². The first kappa shape index (κ1) is 13.9. The van der Waals surface area contributed by atoms with E-state index in [2.05, 4.69) is 26.3 Å². The van der Waals surface area contributed by atoms with Gasteiger partial charge in [-0.25, -0.2) is 0 Å². The van der Waals surface area contributed by atoms with Gasteiger partial charge in [0.2, 0.25) is 5.89 Å². The number of likely N-dealkylation sites (tertiary alicyclic amines) is 1. The lowest BCUT2D eigenvalue weighted by Crippen LogP contribution is -2.34. The quantitative estimate of drug-likeness (QED) is 0.867. The van der Waals surface area contributed by atoms with Crippen LogP contribution in [0.5, 0.6) is 0 Å². The van der Waals surface area contributed by atoms with Crippen molar-refractivity contribution in [1.82, 2.24) is 24.8 Å². The van der Waals surface area contributed by atoms with E-state index in [1.165, 1.54) is 30.5 Å². The monoisotopic (exact) mass is 301 g/mol. The van der Waals surface area contributed by atoms with Gasteiger partial charge in [-0.05, 0) is 39.2 Å². The Balaban J connectivity index is 1.46. The second-order valence-corrected chi connectivity index (χ2v) is 6.74. The summed E-state index contributed by atoms with van der Waals surface area (Å²) in [6.07, 6.45) is 7.11. The standard InChI is InChI=1S/C16H23N5O/c1-11-17-16(22-19-11)13-4-3-7-21(9-13)10-14-8-20(2)18-15(14)12-5-6-12/h8,12-13H,3-7,9-10H2,1-2H3. The molecule has 1 aliphatic carbocycles. The minimum atomic E-state index is 0.371. The van der Waals surface area contributed by atoms with Crippen LogP contribution in [-0.4, -0.2) is 37.9 Å². The molecule has 2 aliphatic rings. The maximum atomic E-state index is 5.37. The molecule has 1 saturated carbocycles. The molecule has 0 radical (unpaired) electrons. The van der Waals surface area contributed by atoms with E-state index >= 15 is 0 Å². The Hall–Kier alpha value is -1.69. The lowest BCUT2D eigenvalue weighted by Gasteiger charge is -2.30. The summed E-state index contributed by atoms with van der Waals surface area (Å²) in [7, 11) is 2.02. The third-order valence-corrected chi connectivity index (χ3v) is 4.69. The molecule has 2 fully saturated rings. The van der Waals surface area contributed by atoms with Crippen LogP contribution < -0.4 is 0 Å². The van der Waals surface area contributed by atoms with E-state index in [9.17, 15) is 0 Å². The number of aryl methyl sites for hydroxylation is 2. The van der Waals surface area contributed by atoms with Gasteiger partial charge in [0.25, 0.3) is 0 Å². The summed E-state index contributed by atoms with van der Waals surface area (Å²) in [4.78, 5) is 6.93. The van der Waals surface area contributed by atoms with Gasteiger partial charge >= 0.3 is 0 Å². The van der Waals surface area contributed by atoms with Crippen molar-refractivity contribution in [2.24, 2.45) is 7.05 Å². The molecule has 22 heavy (non-hydrogen) atoms. The molecule has 0 amide bonds. The average Bonchev–Trinajstić information content (AvgIpc) is 3.15. The van der Waals surface area contributed by atoms with E-state index in [4.69, 9.17) is 4.52 Å². The smallest absolute Gasteiger partial charge is 0.231 e. The van der Waals surface area contributed by atoms with Crippen molar-refractivity contribution in [1.29, 1.82) is 0 Å². The highest BCUT2D eigenvalue weighted by atomic mass is 16.5. The second kappa shape index (κ2) is 5.50. The molecular weight excluding hydrogens is 278 g/mol. The van der Waals surface area contributed by atoms with Crippen molar-refractivity contribution < 1.29 is 4.52 Å². The highest BCUT2D eigenvalue weighted by molar-refractivity contribution is 5.25. The molecule has 4 rings (SSSR count). The Morgan fingerprint density at radius 2 is 2.14 bits per heavy atom. The van der Waals surface area contributed by atoms with E-state index in [0.29, 0.717) is 11.8 Å². The van der Waals surface area contributed by atoms with E-state index in [1.807, 2.05) is 18.7 Å². The molecule has 1 saturated heterocycles. The molecule has 3 heterocycles. The predicted octanol–water partition coefficient (Wildman–Crippen LogP) is 2.37. The van der Waals surface area contributed by atoms with Gasteiger partial charge in [-0.15, -0.1) is 0 Å². The lowest BCUT2D eigenvalue weighted by atomic mass is 9.97. The van der Waals surface area contributed by atoms with Gasteiger partial charge in [-0.1, -0.05) is 5.16 Å². The van der Waals surface area contributed by atoms with Crippen molar-refractivity contribution in [3.8, 4) is 0 Å². The van der Waals surface area contributed by atoms with Gasteiger partial charge in [0.1, 0.15) is 0 Å². The van der Waals surface area contributed by atoms with Crippen LogP contribution in [0.2, 0.25) is 0 Å². The minimum absolute atomic E-state index is 0.371. The first-order valence-corrected chi connectivity index (χ1v) is 8.24. The van der Waals surface area contributed by atoms with Crippen LogP contribution in [0, 0.1) is 6.92 Å². The highest BCUT2D eigenvalue weighted by Crippen LogP contribution is 2.41. The summed E-state index contributed by atoms with van der Waals surface area (Å²) in [6.45, 7) is 5.01. The van der Waals surface area contributed by atoms with Crippen LogP contribution in [-0.2, 0) is 13.6 Å². The molecule has 1 unspecified atom stereocenters. The van der Waals surface area contributed by atoms with Gasteiger partial charge in [0, 0.05) is 37.8 Å². The zero-order valence-electron chi connectivity index (χ0n) is 13.3. The summed E-state index contributed by atoms with van der Waals surface area (Å²) < 4.78 is 7.34. The van der Waals surface area contributed by atoms with E-state index in [-0.39, 0.29) is 0 Å². The van der Waals surface area contributed by atoms with E-state index in [1.54, 1.807) is 0 Å². The molecule has 118 valence electrons. The Labute approximate surface area is 130 Å². The van der Waals surface area contributed by atoms with Crippen LogP contribution in [0.4, 0.5) is 0 Å². The first-order chi connectivity index (χ1) is 10.7. The molecule has 0 aromatic carbocycles. The topological polar surface area (TPSA) is 60.0 Å². The summed E-state index contributed by atoms with van der Waals surface area (Å²) in [5.41, 5.74) is 2.71. The Kier molecular flexibility index (Phi) is 3.48. The SMILES string of the molecule is Cc1noc(C2CCCN(Cc3cn(C)nc3C3CC3)C2)n1. The minimum Gasteiger partial charge on any atom is -0.339 e. The first-order valence-electron chi connectivity index (χ1n) is 8.24. The van der Waals surface area contributed by atoms with Crippen molar-refractivity contribution >= 4 is 0 Å². The third-order valence-electron chi connectivity index (χ3n) is 4.69. The van der Waals surface area contributed by atoms with Crippen molar-refractivity contribution in [3.63, 3.8) is 0 Å². The van der Waals surface area contributed by atoms with Crippen molar-refractivity contribution in [2.45, 2.75) is 51.0 Å². The van der Waals surface area contributed by atoms with Gasteiger partial charge in [0.15, 0.2) is 5.82 Å². The van der Waals surface area contributed by atoms with Gasteiger partial charge in [-0.2, -0.15) is 10.1 Å². The maximum absolute atomic E-state index is 5.37. The third kappa shape index (κ3) is 2.79. The van der Waals surface area contributed by atoms with Gasteiger partial charge < -0.3 is 4.52 Å². The fraction of sp³-hybridized carbons (Fsp3) is 0.688. The van der Waals surface area contributed by atoms with Crippen molar-refractivity contribution in [3.05, 3.63) is 29.2 Å². The second-order valence-electron chi connectivity index (χ2n) is 6.74. The molecule has 1 atom stereocenters. The van der Waals surface area contributed by atoms with Crippen molar-refractivity contribution in [2.75, 3.05) is 13.1 Å². The zero-order valence-corrected chi connectivity index (χ0v) is 13.3. The average molecular weight is 301 g/mol. The lowest BCUT2D eigenvalue weighted by molar-refractivity contribution is 0.180. The van der Waals surface area contributed by atoms with Crippen LogP contribution in [0.3, 0.4) is 0 Å². The number of nitrogens with zero attached hydrogens (tertiary/aromatic N) is 5. The fourth-order valence-electron chi connectivity index (χ4n) is 3.50. The Morgan fingerprint density at radius 1 is 1.27 bits per heavy atom. The number of hydrogen-bond acceptors (Lipinski definition) is 5. The number of rotatable bonds is 4. The predicted molar refractivity (Wildman–Crippen MR) is 81.5 cm³/mol. The number of aromatic nitrogens is 4. The molecule has 0 spiro atoms. The zero-order chi connectivity index (χ0) is 15.1. The molecule has 2 aromatic heterocycles. The summed E-state index contributed by atoms with van der Waals surface area (Å²) in [5, 5.41) is 8.60. The summed E-state index contributed by atoms with van der Waals surface area (Å²) in [5.74, 6) is 2.61. The molecule has 6 nitrogen and oxygen atoms in total. The van der Waals surface area contributed by atoms with Crippen LogP contribution in [0.25, 0.3) is 0 Å². The molecule has 1 aliphatic heterocycles. The largest absolute Gasteiger partial charge is 0.339 e. The van der Waals surface area contributed by atoms with E-state index < -0.39 is 0 Å². The normalized spacial score (nSPS) is 23.1. The van der Waals surface area contributed by atoms with Gasteiger partial charge in [0.05, 0.1) is 11.6 Å². The Bertz CT molecular complexity index is 657. The summed E-state index contributed by atoms with van der Waals surface area (Å²) >= 11 is 0. The van der Waals surface area contributed by atoms with Crippen LogP contribution in [0.15, 0.2) is 10.7 Å². The molecular formula is C16H23N5O. The molecule has 0 N–H and O–H groups in total. The van der Waals surface area contributed by atoms with Crippen LogP contribution in [0.1, 0.15) is 60.5 Å². The molecule has 6 heteroatoms. The molecule has 0 bridgehead atoms.